The first kappa shape index (κ1) is 20.5. The summed E-state index contributed by atoms with van der Waals surface area (Å²) in [6, 6.07) is 26.0. The molecule has 0 aromatic heterocycles. The Hall–Kier alpha value is -3.27. The van der Waals surface area contributed by atoms with Gasteiger partial charge in [0.2, 0.25) is 5.91 Å². The van der Waals surface area contributed by atoms with Gasteiger partial charge in [-0.25, -0.2) is 0 Å². The number of amides is 1. The first-order valence-corrected chi connectivity index (χ1v) is 9.78. The third-order valence-electron chi connectivity index (χ3n) is 4.87. The van der Waals surface area contributed by atoms with Crippen molar-refractivity contribution < 1.29 is 14.3 Å². The lowest BCUT2D eigenvalue weighted by atomic mass is 9.98. The van der Waals surface area contributed by atoms with Gasteiger partial charge in [-0.2, -0.15) is 0 Å². The highest BCUT2D eigenvalue weighted by Crippen LogP contribution is 2.24. The van der Waals surface area contributed by atoms with Gasteiger partial charge in [0.15, 0.2) is 0 Å². The molecular weight excluding hydrogens is 362 g/mol. The minimum Gasteiger partial charge on any atom is -0.497 e. The molecule has 1 unspecified atom stereocenters. The van der Waals surface area contributed by atoms with Crippen LogP contribution in [0, 0.1) is 0 Å². The lowest BCUT2D eigenvalue weighted by molar-refractivity contribution is -0.121. The number of nitrogens with one attached hydrogen (secondary N) is 1. The predicted molar refractivity (Wildman–Crippen MR) is 115 cm³/mol. The van der Waals surface area contributed by atoms with Crippen LogP contribution >= 0.6 is 0 Å². The number of rotatable bonds is 9. The molecule has 4 nitrogen and oxygen atoms in total. The zero-order valence-corrected chi connectivity index (χ0v) is 16.9. The van der Waals surface area contributed by atoms with E-state index in [2.05, 4.69) is 29.6 Å². The van der Waals surface area contributed by atoms with Crippen molar-refractivity contribution in [2.75, 3.05) is 14.2 Å². The molecule has 0 aliphatic rings. The zero-order valence-electron chi connectivity index (χ0n) is 16.9. The van der Waals surface area contributed by atoms with Gasteiger partial charge in [0.05, 0.1) is 20.3 Å². The average Bonchev–Trinajstić information content (AvgIpc) is 2.78. The molecule has 150 valence electrons. The summed E-state index contributed by atoms with van der Waals surface area (Å²) in [5.41, 5.74) is 3.31. The molecular formula is C25H27NO3. The SMILES string of the molecule is COc1cc(CCC(=O)NC(Cc2ccccc2)c2ccccc2)cc(OC)c1. The Balaban J connectivity index is 1.67. The highest BCUT2D eigenvalue weighted by atomic mass is 16.5. The van der Waals surface area contributed by atoms with Crippen LogP contribution in [0.1, 0.15) is 29.2 Å². The maximum absolute atomic E-state index is 12.7. The number of ether oxygens (including phenoxy) is 2. The van der Waals surface area contributed by atoms with Gasteiger partial charge >= 0.3 is 0 Å². The fourth-order valence-electron chi connectivity index (χ4n) is 3.32. The summed E-state index contributed by atoms with van der Waals surface area (Å²) in [5, 5.41) is 3.21. The fraction of sp³-hybridized carbons (Fsp3) is 0.240. The highest BCUT2D eigenvalue weighted by molar-refractivity contribution is 5.76. The standard InChI is InChI=1S/C25H27NO3/c1-28-22-15-20(16-23(18-22)29-2)13-14-25(27)26-24(21-11-7-4-8-12-21)17-19-9-5-3-6-10-19/h3-12,15-16,18,24H,13-14,17H2,1-2H3,(H,26,27). The number of hydrogen-bond donors (Lipinski definition) is 1. The zero-order chi connectivity index (χ0) is 20.5. The fourth-order valence-corrected chi connectivity index (χ4v) is 3.32. The van der Waals surface area contributed by atoms with Gasteiger partial charge in [-0.1, -0.05) is 60.7 Å². The molecule has 3 aromatic rings. The topological polar surface area (TPSA) is 47.6 Å². The minimum absolute atomic E-state index is 0.0246. The van der Waals surface area contributed by atoms with Crippen LogP contribution in [-0.4, -0.2) is 20.1 Å². The Morgan fingerprint density at radius 1 is 0.828 bits per heavy atom. The molecule has 0 aliphatic carbocycles. The Kier molecular flexibility index (Phi) is 7.28. The lowest BCUT2D eigenvalue weighted by Gasteiger charge is -2.20. The van der Waals surface area contributed by atoms with Gasteiger partial charge in [0, 0.05) is 12.5 Å². The quantitative estimate of drug-likeness (QED) is 0.575. The Morgan fingerprint density at radius 2 is 1.41 bits per heavy atom. The second kappa shape index (κ2) is 10.3. The van der Waals surface area contributed by atoms with Crippen LogP contribution < -0.4 is 14.8 Å². The molecule has 0 bridgehead atoms. The first-order chi connectivity index (χ1) is 14.2. The Morgan fingerprint density at radius 3 is 2.00 bits per heavy atom. The van der Waals surface area contributed by atoms with Gasteiger partial charge in [0.25, 0.3) is 0 Å². The van der Waals surface area contributed by atoms with Crippen LogP contribution in [0.5, 0.6) is 11.5 Å². The van der Waals surface area contributed by atoms with Crippen molar-refractivity contribution in [3.63, 3.8) is 0 Å². The molecule has 1 amide bonds. The molecule has 0 fully saturated rings. The highest BCUT2D eigenvalue weighted by Gasteiger charge is 2.15. The summed E-state index contributed by atoms with van der Waals surface area (Å²) in [4.78, 5) is 12.7. The number of hydrogen-bond acceptors (Lipinski definition) is 3. The maximum Gasteiger partial charge on any atom is 0.220 e. The minimum atomic E-state index is -0.0639. The molecule has 0 saturated heterocycles. The van der Waals surface area contributed by atoms with Crippen molar-refractivity contribution in [3.8, 4) is 11.5 Å². The molecule has 1 atom stereocenters. The summed E-state index contributed by atoms with van der Waals surface area (Å²) in [7, 11) is 3.25. The van der Waals surface area contributed by atoms with Crippen molar-refractivity contribution in [1.82, 2.24) is 5.32 Å². The van der Waals surface area contributed by atoms with Crippen LogP contribution in [0.25, 0.3) is 0 Å². The Labute approximate surface area is 172 Å². The lowest BCUT2D eigenvalue weighted by Crippen LogP contribution is -2.30. The maximum atomic E-state index is 12.7. The van der Waals surface area contributed by atoms with Gasteiger partial charge < -0.3 is 14.8 Å². The molecule has 0 radical (unpaired) electrons. The van der Waals surface area contributed by atoms with Gasteiger partial charge in [-0.05, 0) is 41.7 Å². The summed E-state index contributed by atoms with van der Waals surface area (Å²) in [5.74, 6) is 1.48. The van der Waals surface area contributed by atoms with E-state index < -0.39 is 0 Å². The number of aryl methyl sites for hydroxylation is 1. The monoisotopic (exact) mass is 389 g/mol. The number of carbonyl (C=O) groups is 1. The van der Waals surface area contributed by atoms with E-state index in [0.29, 0.717) is 12.8 Å². The van der Waals surface area contributed by atoms with E-state index in [1.165, 1.54) is 5.56 Å². The van der Waals surface area contributed by atoms with Gasteiger partial charge in [-0.15, -0.1) is 0 Å². The third kappa shape index (κ3) is 6.11. The number of methoxy groups -OCH3 is 2. The van der Waals surface area contributed by atoms with Crippen LogP contribution in [0.2, 0.25) is 0 Å². The summed E-state index contributed by atoms with van der Waals surface area (Å²) in [6.45, 7) is 0. The average molecular weight is 389 g/mol. The van der Waals surface area contributed by atoms with E-state index in [1.54, 1.807) is 14.2 Å². The largest absolute Gasteiger partial charge is 0.497 e. The number of carbonyl (C=O) groups excluding carboxylic acids is 1. The molecule has 29 heavy (non-hydrogen) atoms. The van der Waals surface area contributed by atoms with Crippen LogP contribution in [-0.2, 0) is 17.6 Å². The van der Waals surface area contributed by atoms with Crippen molar-refractivity contribution in [2.24, 2.45) is 0 Å². The van der Waals surface area contributed by atoms with Crippen LogP contribution in [0.3, 0.4) is 0 Å². The first-order valence-electron chi connectivity index (χ1n) is 9.78. The smallest absolute Gasteiger partial charge is 0.220 e. The van der Waals surface area contributed by atoms with Crippen molar-refractivity contribution in [1.29, 1.82) is 0 Å². The third-order valence-corrected chi connectivity index (χ3v) is 4.87. The van der Waals surface area contributed by atoms with Crippen LogP contribution in [0.4, 0.5) is 0 Å². The second-order valence-electron chi connectivity index (χ2n) is 6.94. The number of benzene rings is 3. The van der Waals surface area contributed by atoms with E-state index >= 15 is 0 Å². The van der Waals surface area contributed by atoms with Crippen molar-refractivity contribution >= 4 is 5.91 Å². The Bertz CT molecular complexity index is 888. The predicted octanol–water partition coefficient (Wildman–Crippen LogP) is 4.74. The molecule has 0 aliphatic heterocycles. The van der Waals surface area contributed by atoms with E-state index in [0.717, 1.165) is 29.0 Å². The molecule has 3 aromatic carbocycles. The van der Waals surface area contributed by atoms with Gasteiger partial charge in [0.1, 0.15) is 11.5 Å². The normalized spacial score (nSPS) is 11.5. The molecule has 0 saturated carbocycles. The second-order valence-corrected chi connectivity index (χ2v) is 6.94. The molecule has 3 rings (SSSR count). The van der Waals surface area contributed by atoms with E-state index in [1.807, 2.05) is 54.6 Å². The molecule has 1 N–H and O–H groups in total. The molecule has 0 spiro atoms. The van der Waals surface area contributed by atoms with Crippen molar-refractivity contribution in [2.45, 2.75) is 25.3 Å². The summed E-state index contributed by atoms with van der Waals surface area (Å²) < 4.78 is 10.6. The van der Waals surface area contributed by atoms with E-state index in [-0.39, 0.29) is 11.9 Å². The summed E-state index contributed by atoms with van der Waals surface area (Å²) >= 11 is 0. The van der Waals surface area contributed by atoms with E-state index in [9.17, 15) is 4.79 Å². The van der Waals surface area contributed by atoms with Crippen LogP contribution in [0.15, 0.2) is 78.9 Å². The summed E-state index contributed by atoms with van der Waals surface area (Å²) in [6.07, 6.45) is 1.77. The van der Waals surface area contributed by atoms with Crippen molar-refractivity contribution in [3.05, 3.63) is 95.6 Å². The molecule has 0 heterocycles. The molecule has 4 heteroatoms. The van der Waals surface area contributed by atoms with E-state index in [4.69, 9.17) is 9.47 Å². The van der Waals surface area contributed by atoms with Gasteiger partial charge in [-0.3, -0.25) is 4.79 Å².